The third kappa shape index (κ3) is 7.14. The molecule has 1 unspecified atom stereocenters. The SMILES string of the molecule is CCOC(=O)C(C)(C)Oc1ccc(CC(=O)C(c2c3c(nn2-c2ccc(Cl)cc2)CCCCC3)C2CCCCC2)c(F)c1. The number of nitrogens with zero attached hydrogens (tertiary/aromatic N) is 2. The normalized spacial score (nSPS) is 16.7. The molecule has 1 fully saturated rings. The van der Waals surface area contributed by atoms with E-state index in [0.717, 1.165) is 74.9 Å². The van der Waals surface area contributed by atoms with Crippen molar-refractivity contribution in [2.75, 3.05) is 6.61 Å². The highest BCUT2D eigenvalue weighted by Gasteiger charge is 2.37. The molecule has 0 N–H and O–H groups in total. The molecule has 0 aliphatic heterocycles. The van der Waals surface area contributed by atoms with Crippen LogP contribution in [-0.4, -0.2) is 33.7 Å². The lowest BCUT2D eigenvalue weighted by atomic mass is 9.74. The maximum absolute atomic E-state index is 15.5. The molecule has 5 rings (SSSR count). The predicted molar refractivity (Wildman–Crippen MR) is 166 cm³/mol. The predicted octanol–water partition coefficient (Wildman–Crippen LogP) is 8.13. The maximum atomic E-state index is 15.5. The van der Waals surface area contributed by atoms with E-state index in [-0.39, 0.29) is 36.4 Å². The van der Waals surface area contributed by atoms with Crippen LogP contribution in [0.2, 0.25) is 5.02 Å². The van der Waals surface area contributed by atoms with E-state index in [4.69, 9.17) is 26.2 Å². The number of Topliss-reactive ketones (excluding diaryl/α,β-unsaturated/α-hetero) is 1. The summed E-state index contributed by atoms with van der Waals surface area (Å²) in [6, 6.07) is 12.1. The molecule has 8 heteroatoms. The van der Waals surface area contributed by atoms with Gasteiger partial charge in [-0.2, -0.15) is 5.10 Å². The maximum Gasteiger partial charge on any atom is 0.349 e. The van der Waals surface area contributed by atoms with E-state index in [1.807, 2.05) is 28.9 Å². The highest BCUT2D eigenvalue weighted by atomic mass is 35.5. The van der Waals surface area contributed by atoms with Gasteiger partial charge in [0.05, 0.1) is 29.6 Å². The summed E-state index contributed by atoms with van der Waals surface area (Å²) < 4.78 is 28.4. The van der Waals surface area contributed by atoms with Gasteiger partial charge in [0, 0.05) is 17.5 Å². The average Bonchev–Trinajstić information content (AvgIpc) is 3.16. The fourth-order valence-electron chi connectivity index (χ4n) is 6.63. The Bertz CT molecular complexity index is 1440. The highest BCUT2D eigenvalue weighted by molar-refractivity contribution is 6.30. The van der Waals surface area contributed by atoms with Gasteiger partial charge >= 0.3 is 5.97 Å². The van der Waals surface area contributed by atoms with Crippen molar-refractivity contribution in [2.45, 2.75) is 103 Å². The number of carbonyl (C=O) groups is 2. The van der Waals surface area contributed by atoms with Gasteiger partial charge in [-0.25, -0.2) is 13.9 Å². The second-order valence-electron chi connectivity index (χ2n) is 12.4. The number of hydrogen-bond donors (Lipinski definition) is 0. The number of hydrogen-bond acceptors (Lipinski definition) is 5. The Morgan fingerprint density at radius 2 is 1.72 bits per heavy atom. The monoisotopic (exact) mass is 608 g/mol. The van der Waals surface area contributed by atoms with E-state index >= 15 is 4.39 Å². The number of esters is 1. The average molecular weight is 609 g/mol. The lowest BCUT2D eigenvalue weighted by molar-refractivity contribution is -0.158. The summed E-state index contributed by atoms with van der Waals surface area (Å²) in [5.74, 6) is -1.05. The van der Waals surface area contributed by atoms with Gasteiger partial charge in [-0.05, 0) is 107 Å². The summed E-state index contributed by atoms with van der Waals surface area (Å²) in [4.78, 5) is 26.7. The van der Waals surface area contributed by atoms with E-state index in [2.05, 4.69) is 0 Å². The summed E-state index contributed by atoms with van der Waals surface area (Å²) in [5, 5.41) is 5.75. The number of aryl methyl sites for hydroxylation is 1. The third-order valence-electron chi connectivity index (χ3n) is 8.81. The first kappa shape index (κ1) is 31.2. The topological polar surface area (TPSA) is 70.4 Å². The van der Waals surface area contributed by atoms with Gasteiger partial charge in [-0.3, -0.25) is 4.79 Å². The largest absolute Gasteiger partial charge is 0.476 e. The van der Waals surface area contributed by atoms with Crippen molar-refractivity contribution in [2.24, 2.45) is 5.92 Å². The summed E-state index contributed by atoms with van der Waals surface area (Å²) in [7, 11) is 0. The summed E-state index contributed by atoms with van der Waals surface area (Å²) >= 11 is 6.23. The molecule has 3 aromatic rings. The highest BCUT2D eigenvalue weighted by Crippen LogP contribution is 2.42. The second kappa shape index (κ2) is 13.6. The van der Waals surface area contributed by atoms with Crippen molar-refractivity contribution in [1.29, 1.82) is 0 Å². The van der Waals surface area contributed by atoms with Gasteiger partial charge in [0.1, 0.15) is 17.3 Å². The van der Waals surface area contributed by atoms with Gasteiger partial charge in [-0.1, -0.05) is 43.4 Å². The van der Waals surface area contributed by atoms with Crippen LogP contribution >= 0.6 is 11.6 Å². The van der Waals surface area contributed by atoms with Gasteiger partial charge in [-0.15, -0.1) is 0 Å². The molecule has 0 bridgehead atoms. The van der Waals surface area contributed by atoms with Crippen LogP contribution in [0.25, 0.3) is 5.69 Å². The zero-order valence-electron chi connectivity index (χ0n) is 25.5. The van der Waals surface area contributed by atoms with Gasteiger partial charge in [0.25, 0.3) is 0 Å². The summed E-state index contributed by atoms with van der Waals surface area (Å²) in [5.41, 5.74) is 3.18. The smallest absolute Gasteiger partial charge is 0.349 e. The van der Waals surface area contributed by atoms with Crippen molar-refractivity contribution in [3.8, 4) is 11.4 Å². The Balaban J connectivity index is 1.50. The van der Waals surface area contributed by atoms with Crippen LogP contribution in [0.4, 0.5) is 4.39 Å². The van der Waals surface area contributed by atoms with E-state index in [0.29, 0.717) is 10.6 Å². The van der Waals surface area contributed by atoms with Crippen molar-refractivity contribution in [3.05, 3.63) is 75.8 Å². The van der Waals surface area contributed by atoms with E-state index in [9.17, 15) is 9.59 Å². The molecule has 0 saturated heterocycles. The number of carbonyl (C=O) groups excluding carboxylic acids is 2. The molecule has 2 aromatic carbocycles. The minimum atomic E-state index is -1.27. The molecule has 230 valence electrons. The zero-order valence-corrected chi connectivity index (χ0v) is 26.2. The minimum absolute atomic E-state index is 0.00785. The Morgan fingerprint density at radius 1 is 1.02 bits per heavy atom. The second-order valence-corrected chi connectivity index (χ2v) is 12.8. The number of aromatic nitrogens is 2. The number of halogens is 2. The van der Waals surface area contributed by atoms with Gasteiger partial charge in [0.2, 0.25) is 0 Å². The van der Waals surface area contributed by atoms with E-state index < -0.39 is 17.4 Å². The Labute approximate surface area is 258 Å². The van der Waals surface area contributed by atoms with Crippen LogP contribution in [0.5, 0.6) is 5.75 Å². The quantitative estimate of drug-likeness (QED) is 0.172. The first-order valence-corrected chi connectivity index (χ1v) is 16.1. The molecule has 1 heterocycles. The molecule has 1 atom stereocenters. The molecular weight excluding hydrogens is 567 g/mol. The van der Waals surface area contributed by atoms with Crippen molar-refractivity contribution in [3.63, 3.8) is 0 Å². The van der Waals surface area contributed by atoms with Crippen molar-refractivity contribution < 1.29 is 23.5 Å². The molecule has 6 nitrogen and oxygen atoms in total. The van der Waals surface area contributed by atoms with Crippen LogP contribution in [0, 0.1) is 11.7 Å². The Morgan fingerprint density at radius 3 is 2.42 bits per heavy atom. The van der Waals surface area contributed by atoms with Crippen molar-refractivity contribution in [1.82, 2.24) is 9.78 Å². The lowest BCUT2D eigenvalue weighted by Gasteiger charge is -2.31. The standard InChI is InChI=1S/C35H42ClFN2O4/c1-4-42-34(41)35(2,3)43-27-20-15-24(29(37)22-27)21-31(40)32(23-11-7-5-8-12-23)33-28-13-9-6-10-14-30(28)38-39(33)26-18-16-25(36)17-19-26/h15-20,22-23,32H,4-14,21H2,1-3H3. The van der Waals surface area contributed by atoms with Crippen LogP contribution in [0.3, 0.4) is 0 Å². The Hall–Kier alpha value is -3.19. The first-order chi connectivity index (χ1) is 20.7. The van der Waals surface area contributed by atoms with E-state index in [1.165, 1.54) is 18.1 Å². The van der Waals surface area contributed by atoms with Gasteiger partial charge in [0.15, 0.2) is 5.60 Å². The molecule has 0 spiro atoms. The fourth-order valence-corrected chi connectivity index (χ4v) is 6.76. The van der Waals surface area contributed by atoms with Crippen LogP contribution in [-0.2, 0) is 33.6 Å². The number of fused-ring (bicyclic) bond motifs is 1. The molecule has 0 amide bonds. The molecule has 1 aromatic heterocycles. The number of ketones is 1. The van der Waals surface area contributed by atoms with E-state index in [1.54, 1.807) is 32.9 Å². The third-order valence-corrected chi connectivity index (χ3v) is 9.06. The number of ether oxygens (including phenoxy) is 2. The molecule has 0 radical (unpaired) electrons. The molecule has 43 heavy (non-hydrogen) atoms. The molecule has 2 aliphatic rings. The minimum Gasteiger partial charge on any atom is -0.476 e. The van der Waals surface area contributed by atoms with Crippen LogP contribution in [0.1, 0.15) is 101 Å². The molecule has 2 aliphatic carbocycles. The number of benzene rings is 2. The van der Waals surface area contributed by atoms with Crippen LogP contribution < -0.4 is 4.74 Å². The fraction of sp³-hybridized carbons (Fsp3) is 0.514. The molecule has 1 saturated carbocycles. The Kier molecular flexibility index (Phi) is 9.90. The first-order valence-electron chi connectivity index (χ1n) is 15.7. The summed E-state index contributed by atoms with van der Waals surface area (Å²) in [6.45, 7) is 5.12. The van der Waals surface area contributed by atoms with Gasteiger partial charge < -0.3 is 9.47 Å². The number of rotatable bonds is 10. The van der Waals surface area contributed by atoms with Crippen molar-refractivity contribution >= 4 is 23.4 Å². The summed E-state index contributed by atoms with van der Waals surface area (Å²) in [6.07, 6.45) is 10.3. The lowest BCUT2D eigenvalue weighted by Crippen LogP contribution is -2.39. The molecular formula is C35H42ClFN2O4. The van der Waals surface area contributed by atoms with Crippen LogP contribution in [0.15, 0.2) is 42.5 Å². The zero-order chi connectivity index (χ0) is 30.6.